The maximum atomic E-state index is 5.69. The molecule has 1 saturated heterocycles. The summed E-state index contributed by atoms with van der Waals surface area (Å²) < 4.78 is 5.69. The van der Waals surface area contributed by atoms with Gasteiger partial charge in [-0.15, -0.1) is 0 Å². The highest BCUT2D eigenvalue weighted by Gasteiger charge is 2.11. The molecule has 0 radical (unpaired) electrons. The van der Waals surface area contributed by atoms with Crippen molar-refractivity contribution in [1.82, 2.24) is 15.5 Å². The molecule has 1 fully saturated rings. The van der Waals surface area contributed by atoms with Gasteiger partial charge in [0.05, 0.1) is 6.04 Å². The fourth-order valence-corrected chi connectivity index (χ4v) is 3.28. The van der Waals surface area contributed by atoms with Crippen molar-refractivity contribution in [2.45, 2.75) is 65.3 Å². The van der Waals surface area contributed by atoms with E-state index in [9.17, 15) is 0 Å². The van der Waals surface area contributed by atoms with Crippen LogP contribution in [0.1, 0.15) is 69.9 Å². The number of aliphatic imine (C=N–C) groups is 1. The summed E-state index contributed by atoms with van der Waals surface area (Å²) >= 11 is 0. The Kier molecular flexibility index (Phi) is 8.87. The number of nitrogens with zero attached hydrogens (tertiary/aromatic N) is 2. The third kappa shape index (κ3) is 7.51. The van der Waals surface area contributed by atoms with Crippen molar-refractivity contribution >= 4 is 5.96 Å². The van der Waals surface area contributed by atoms with Gasteiger partial charge in [0.2, 0.25) is 0 Å². The van der Waals surface area contributed by atoms with E-state index < -0.39 is 0 Å². The minimum atomic E-state index is 0.116. The largest absolute Gasteiger partial charge is 0.464 e. The maximum Gasteiger partial charge on any atom is 0.191 e. The molecule has 1 aliphatic heterocycles. The van der Waals surface area contributed by atoms with E-state index >= 15 is 0 Å². The second kappa shape index (κ2) is 11.2. The third-order valence-corrected chi connectivity index (χ3v) is 4.74. The van der Waals surface area contributed by atoms with Gasteiger partial charge in [-0.2, -0.15) is 0 Å². The molecule has 2 heterocycles. The summed E-state index contributed by atoms with van der Waals surface area (Å²) in [6, 6.07) is 4.14. The first-order valence-corrected chi connectivity index (χ1v) is 10.0. The summed E-state index contributed by atoms with van der Waals surface area (Å²) in [7, 11) is 0. The van der Waals surface area contributed by atoms with Crippen molar-refractivity contribution in [2.24, 2.45) is 4.99 Å². The minimum absolute atomic E-state index is 0.116. The fraction of sp³-hybridized carbons (Fsp3) is 0.750. The smallest absolute Gasteiger partial charge is 0.191 e. The van der Waals surface area contributed by atoms with Crippen LogP contribution in [-0.4, -0.2) is 43.6 Å². The molecule has 0 bridgehead atoms. The molecular formula is C20H36N4O. The first kappa shape index (κ1) is 19.8. The summed E-state index contributed by atoms with van der Waals surface area (Å²) in [5, 5.41) is 6.75. The molecule has 25 heavy (non-hydrogen) atoms. The minimum Gasteiger partial charge on any atom is -0.464 e. The predicted molar refractivity (Wildman–Crippen MR) is 105 cm³/mol. The number of aryl methyl sites for hydroxylation is 1. The van der Waals surface area contributed by atoms with E-state index in [1.165, 1.54) is 51.7 Å². The van der Waals surface area contributed by atoms with Crippen molar-refractivity contribution < 1.29 is 4.42 Å². The number of likely N-dealkylation sites (tertiary alicyclic amines) is 1. The molecule has 0 aromatic carbocycles. The van der Waals surface area contributed by atoms with Crippen LogP contribution in [0, 0.1) is 6.92 Å². The van der Waals surface area contributed by atoms with E-state index in [-0.39, 0.29) is 6.04 Å². The Balaban J connectivity index is 1.66. The second-order valence-electron chi connectivity index (χ2n) is 7.04. The lowest BCUT2D eigenvalue weighted by atomic mass is 10.1. The molecule has 1 aromatic rings. The van der Waals surface area contributed by atoms with Gasteiger partial charge in [-0.05, 0) is 78.2 Å². The number of piperidine rings is 1. The molecule has 142 valence electrons. The van der Waals surface area contributed by atoms with Gasteiger partial charge in [-0.1, -0.05) is 12.8 Å². The average molecular weight is 349 g/mol. The zero-order valence-electron chi connectivity index (χ0n) is 16.3. The van der Waals surface area contributed by atoms with Crippen molar-refractivity contribution in [3.05, 3.63) is 23.7 Å². The Bertz CT molecular complexity index is 506. The Morgan fingerprint density at radius 3 is 2.68 bits per heavy atom. The van der Waals surface area contributed by atoms with Gasteiger partial charge in [-0.3, -0.25) is 4.99 Å². The van der Waals surface area contributed by atoms with Gasteiger partial charge in [0.1, 0.15) is 11.5 Å². The van der Waals surface area contributed by atoms with Crippen LogP contribution in [0.25, 0.3) is 0 Å². The normalized spacial score (nSPS) is 17.5. The molecule has 1 unspecified atom stereocenters. The molecule has 0 spiro atoms. The molecule has 0 aliphatic carbocycles. The summed E-state index contributed by atoms with van der Waals surface area (Å²) in [5.74, 6) is 2.77. The van der Waals surface area contributed by atoms with E-state index in [1.54, 1.807) is 0 Å². The van der Waals surface area contributed by atoms with Crippen LogP contribution >= 0.6 is 0 Å². The van der Waals surface area contributed by atoms with Gasteiger partial charge in [0.15, 0.2) is 5.96 Å². The number of guanidine groups is 1. The fourth-order valence-electron chi connectivity index (χ4n) is 3.28. The van der Waals surface area contributed by atoms with Crippen molar-refractivity contribution in [1.29, 1.82) is 0 Å². The summed E-state index contributed by atoms with van der Waals surface area (Å²) in [6.07, 6.45) is 7.89. The lowest BCUT2D eigenvalue weighted by Crippen LogP contribution is -2.38. The first-order chi connectivity index (χ1) is 12.2. The summed E-state index contributed by atoms with van der Waals surface area (Å²) in [6.45, 7) is 11.8. The number of furan rings is 1. The van der Waals surface area contributed by atoms with Gasteiger partial charge in [-0.25, -0.2) is 0 Å². The van der Waals surface area contributed by atoms with Crippen LogP contribution in [0.4, 0.5) is 0 Å². The van der Waals surface area contributed by atoms with Gasteiger partial charge in [0, 0.05) is 13.1 Å². The number of nitrogens with one attached hydrogen (secondary N) is 2. The predicted octanol–water partition coefficient (Wildman–Crippen LogP) is 3.86. The molecule has 2 rings (SSSR count). The molecule has 1 aliphatic rings. The van der Waals surface area contributed by atoms with E-state index in [2.05, 4.69) is 29.4 Å². The average Bonchev–Trinajstić information content (AvgIpc) is 3.05. The Labute approximate surface area is 153 Å². The van der Waals surface area contributed by atoms with Crippen molar-refractivity contribution in [3.8, 4) is 0 Å². The van der Waals surface area contributed by atoms with Gasteiger partial charge >= 0.3 is 0 Å². The maximum absolute atomic E-state index is 5.69. The number of hydrogen-bond acceptors (Lipinski definition) is 3. The quantitative estimate of drug-likeness (QED) is 0.404. The molecular weight excluding hydrogens is 312 g/mol. The molecule has 5 heteroatoms. The monoisotopic (exact) mass is 348 g/mol. The molecule has 0 amide bonds. The van der Waals surface area contributed by atoms with E-state index in [0.29, 0.717) is 0 Å². The molecule has 2 N–H and O–H groups in total. The topological polar surface area (TPSA) is 52.8 Å². The first-order valence-electron chi connectivity index (χ1n) is 10.0. The molecule has 1 atom stereocenters. The van der Waals surface area contributed by atoms with Crippen LogP contribution in [0.5, 0.6) is 0 Å². The number of hydrogen-bond donors (Lipinski definition) is 2. The van der Waals surface area contributed by atoms with Crippen molar-refractivity contribution in [2.75, 3.05) is 32.7 Å². The van der Waals surface area contributed by atoms with E-state index in [1.807, 2.05) is 19.1 Å². The van der Waals surface area contributed by atoms with E-state index in [0.717, 1.165) is 37.0 Å². The number of rotatable bonds is 9. The van der Waals surface area contributed by atoms with Crippen molar-refractivity contribution in [3.63, 3.8) is 0 Å². The van der Waals surface area contributed by atoms with Crippen LogP contribution in [0.15, 0.2) is 21.5 Å². The highest BCUT2D eigenvalue weighted by molar-refractivity contribution is 5.80. The van der Waals surface area contributed by atoms with Crippen LogP contribution in [-0.2, 0) is 0 Å². The van der Waals surface area contributed by atoms with Crippen LogP contribution in [0.2, 0.25) is 0 Å². The lowest BCUT2D eigenvalue weighted by Gasteiger charge is -2.26. The summed E-state index contributed by atoms with van der Waals surface area (Å²) in [5.41, 5.74) is 0. The second-order valence-corrected chi connectivity index (χ2v) is 7.04. The molecule has 5 nitrogen and oxygen atoms in total. The van der Waals surface area contributed by atoms with E-state index in [4.69, 9.17) is 9.41 Å². The SMILES string of the molecule is CCNC(=NCCCCCN1CCCCC1)NC(C)c1ccc(C)o1. The highest BCUT2D eigenvalue weighted by atomic mass is 16.3. The Morgan fingerprint density at radius 2 is 2.00 bits per heavy atom. The zero-order chi connectivity index (χ0) is 17.9. The summed E-state index contributed by atoms with van der Waals surface area (Å²) in [4.78, 5) is 7.33. The Morgan fingerprint density at radius 1 is 1.20 bits per heavy atom. The standard InChI is InChI=1S/C20H36N4O/c1-4-21-20(23-18(3)19-12-11-17(2)25-19)22-13-7-5-8-14-24-15-9-6-10-16-24/h11-12,18H,4-10,13-16H2,1-3H3,(H2,21,22,23). The third-order valence-electron chi connectivity index (χ3n) is 4.74. The van der Waals surface area contributed by atoms with Gasteiger partial charge < -0.3 is 20.0 Å². The zero-order valence-corrected chi connectivity index (χ0v) is 16.3. The highest BCUT2D eigenvalue weighted by Crippen LogP contribution is 2.15. The number of unbranched alkanes of at least 4 members (excludes halogenated alkanes) is 2. The van der Waals surface area contributed by atoms with Crippen LogP contribution < -0.4 is 10.6 Å². The van der Waals surface area contributed by atoms with Crippen LogP contribution in [0.3, 0.4) is 0 Å². The Hall–Kier alpha value is -1.49. The molecule has 0 saturated carbocycles. The lowest BCUT2D eigenvalue weighted by molar-refractivity contribution is 0.224. The van der Waals surface area contributed by atoms with Gasteiger partial charge in [0.25, 0.3) is 0 Å². The molecule has 1 aromatic heterocycles.